The van der Waals surface area contributed by atoms with Gasteiger partial charge in [0.15, 0.2) is 0 Å². The van der Waals surface area contributed by atoms with Gasteiger partial charge in [-0.1, -0.05) is 13.3 Å². The minimum absolute atomic E-state index is 0.0606. The zero-order chi connectivity index (χ0) is 19.9. The molecule has 2 saturated heterocycles. The number of piperidine rings is 1. The quantitative estimate of drug-likeness (QED) is 0.709. The molecule has 2 heterocycles. The van der Waals surface area contributed by atoms with Crippen molar-refractivity contribution in [2.75, 3.05) is 42.9 Å². The van der Waals surface area contributed by atoms with Gasteiger partial charge in [-0.15, -0.1) is 0 Å². The maximum Gasteiger partial charge on any atom is 0.337 e. The average Bonchev–Trinajstić information content (AvgIpc) is 3.19. The lowest BCUT2D eigenvalue weighted by atomic mass is 9.96. The van der Waals surface area contributed by atoms with E-state index in [2.05, 4.69) is 15.1 Å². The topological polar surface area (TPSA) is 72.9 Å². The molecule has 2 aliphatic heterocycles. The molecule has 6 nitrogen and oxygen atoms in total. The summed E-state index contributed by atoms with van der Waals surface area (Å²) in [6, 6.07) is 5.29. The van der Waals surface area contributed by atoms with Crippen molar-refractivity contribution in [3.8, 4) is 0 Å². The number of nitrogens with zero attached hydrogens (tertiary/aromatic N) is 2. The summed E-state index contributed by atoms with van der Waals surface area (Å²) in [5, 5.41) is 12.6. The van der Waals surface area contributed by atoms with Crippen LogP contribution in [0.4, 0.5) is 11.4 Å². The van der Waals surface area contributed by atoms with Crippen LogP contribution in [0.3, 0.4) is 0 Å². The third-order valence-electron chi connectivity index (χ3n) is 5.84. The van der Waals surface area contributed by atoms with Crippen molar-refractivity contribution in [3.05, 3.63) is 23.8 Å². The van der Waals surface area contributed by atoms with Gasteiger partial charge in [-0.25, -0.2) is 4.79 Å². The van der Waals surface area contributed by atoms with E-state index in [1.54, 1.807) is 6.07 Å². The maximum absolute atomic E-state index is 12.0. The number of carboxylic acids is 1. The van der Waals surface area contributed by atoms with Crippen LogP contribution < -0.4 is 10.2 Å². The molecule has 0 aliphatic carbocycles. The number of rotatable bonds is 8. The van der Waals surface area contributed by atoms with Crippen molar-refractivity contribution in [2.45, 2.75) is 51.9 Å². The van der Waals surface area contributed by atoms with E-state index in [-0.39, 0.29) is 11.5 Å². The Morgan fingerprint density at radius 3 is 2.68 bits per heavy atom. The third kappa shape index (κ3) is 5.47. The first-order valence-corrected chi connectivity index (χ1v) is 10.7. The summed E-state index contributed by atoms with van der Waals surface area (Å²) in [5.74, 6) is -0.419. The Balaban J connectivity index is 1.69. The number of unbranched alkanes of at least 4 members (excludes halogenated alkanes) is 1. The lowest BCUT2D eigenvalue weighted by Crippen LogP contribution is -2.41. The molecular weight excluding hydrogens is 354 g/mol. The van der Waals surface area contributed by atoms with Gasteiger partial charge >= 0.3 is 5.97 Å². The van der Waals surface area contributed by atoms with Crippen LogP contribution in [0.25, 0.3) is 0 Å². The molecule has 1 aromatic carbocycles. The number of carboxylic acid groups (broad SMARTS) is 1. The third-order valence-corrected chi connectivity index (χ3v) is 5.84. The average molecular weight is 388 g/mol. The predicted molar refractivity (Wildman–Crippen MR) is 112 cm³/mol. The van der Waals surface area contributed by atoms with E-state index in [1.165, 1.54) is 32.4 Å². The minimum atomic E-state index is -0.943. The van der Waals surface area contributed by atoms with Gasteiger partial charge in [0.25, 0.3) is 0 Å². The molecule has 1 atom stereocenters. The molecule has 0 spiro atoms. The summed E-state index contributed by atoms with van der Waals surface area (Å²) in [7, 11) is 0. The van der Waals surface area contributed by atoms with Crippen molar-refractivity contribution in [2.24, 2.45) is 5.92 Å². The summed E-state index contributed by atoms with van der Waals surface area (Å²) >= 11 is 0. The van der Waals surface area contributed by atoms with Gasteiger partial charge in [0, 0.05) is 31.7 Å². The molecule has 28 heavy (non-hydrogen) atoms. The highest BCUT2D eigenvalue weighted by Gasteiger charge is 2.26. The van der Waals surface area contributed by atoms with Crippen LogP contribution in [0.2, 0.25) is 0 Å². The largest absolute Gasteiger partial charge is 0.478 e. The van der Waals surface area contributed by atoms with Gasteiger partial charge < -0.3 is 20.2 Å². The van der Waals surface area contributed by atoms with E-state index in [0.717, 1.165) is 44.6 Å². The summed E-state index contributed by atoms with van der Waals surface area (Å²) < 4.78 is 0. The normalized spacial score (nSPS) is 20.3. The summed E-state index contributed by atoms with van der Waals surface area (Å²) in [6.07, 6.45) is 7.15. The van der Waals surface area contributed by atoms with Crippen molar-refractivity contribution in [1.82, 2.24) is 4.90 Å². The van der Waals surface area contributed by atoms with E-state index in [4.69, 9.17) is 0 Å². The fourth-order valence-corrected chi connectivity index (χ4v) is 4.38. The molecule has 154 valence electrons. The standard InChI is InChI=1S/C22H33N3O3/c1-2-3-8-21(26)23-18-9-10-20(19(14-18)22(27)28)25-13-6-7-17(16-25)15-24-11-4-5-12-24/h9-10,14,17H,2-8,11-13,15-16H2,1H3,(H,23,26)(H,27,28). The number of anilines is 2. The first-order valence-electron chi connectivity index (χ1n) is 10.7. The Morgan fingerprint density at radius 2 is 1.96 bits per heavy atom. The fraction of sp³-hybridized carbons (Fsp3) is 0.636. The number of likely N-dealkylation sites (tertiary alicyclic amines) is 1. The molecule has 2 fully saturated rings. The maximum atomic E-state index is 12.0. The Kier molecular flexibility index (Phi) is 7.31. The number of carbonyl (C=O) groups is 2. The Hall–Kier alpha value is -2.08. The molecule has 1 unspecified atom stereocenters. The van der Waals surface area contributed by atoms with Crippen molar-refractivity contribution >= 4 is 23.3 Å². The second-order valence-corrected chi connectivity index (χ2v) is 8.15. The van der Waals surface area contributed by atoms with E-state index >= 15 is 0 Å². The first kappa shape index (κ1) is 20.6. The Morgan fingerprint density at radius 1 is 1.18 bits per heavy atom. The molecule has 0 saturated carbocycles. The van der Waals surface area contributed by atoms with Crippen LogP contribution in [0.1, 0.15) is 62.2 Å². The van der Waals surface area contributed by atoms with Crippen molar-refractivity contribution in [3.63, 3.8) is 0 Å². The SMILES string of the molecule is CCCCC(=O)Nc1ccc(N2CCCC(CN3CCCC3)C2)c(C(=O)O)c1. The van der Waals surface area contributed by atoms with E-state index in [9.17, 15) is 14.7 Å². The lowest BCUT2D eigenvalue weighted by Gasteiger charge is -2.36. The van der Waals surface area contributed by atoms with Crippen LogP contribution in [-0.4, -0.2) is 54.6 Å². The fourth-order valence-electron chi connectivity index (χ4n) is 4.38. The smallest absolute Gasteiger partial charge is 0.337 e. The monoisotopic (exact) mass is 387 g/mol. The highest BCUT2D eigenvalue weighted by atomic mass is 16.4. The van der Waals surface area contributed by atoms with Gasteiger partial charge in [-0.3, -0.25) is 4.79 Å². The van der Waals surface area contributed by atoms with Crippen LogP contribution in [-0.2, 0) is 4.79 Å². The molecule has 0 bridgehead atoms. The van der Waals surface area contributed by atoms with Crippen molar-refractivity contribution < 1.29 is 14.7 Å². The summed E-state index contributed by atoms with van der Waals surface area (Å²) in [6.45, 7) is 7.34. The van der Waals surface area contributed by atoms with Crippen LogP contribution in [0, 0.1) is 5.92 Å². The summed E-state index contributed by atoms with van der Waals surface area (Å²) in [5.41, 5.74) is 1.60. The van der Waals surface area contributed by atoms with Gasteiger partial charge in [-0.2, -0.15) is 0 Å². The number of carbonyl (C=O) groups excluding carboxylic acids is 1. The highest BCUT2D eigenvalue weighted by Crippen LogP contribution is 2.29. The minimum Gasteiger partial charge on any atom is -0.478 e. The molecule has 0 aromatic heterocycles. The number of benzene rings is 1. The highest BCUT2D eigenvalue weighted by molar-refractivity contribution is 5.98. The van der Waals surface area contributed by atoms with Crippen LogP contribution in [0.5, 0.6) is 0 Å². The molecule has 2 N–H and O–H groups in total. The Labute approximate surface area is 167 Å². The number of hydrogen-bond acceptors (Lipinski definition) is 4. The van der Waals surface area contributed by atoms with E-state index in [0.29, 0.717) is 18.0 Å². The molecule has 0 radical (unpaired) electrons. The Bertz CT molecular complexity index is 686. The molecule has 3 rings (SSSR count). The zero-order valence-corrected chi connectivity index (χ0v) is 17.0. The molecular formula is C22H33N3O3. The second kappa shape index (κ2) is 9.92. The summed E-state index contributed by atoms with van der Waals surface area (Å²) in [4.78, 5) is 28.6. The predicted octanol–water partition coefficient (Wildman–Crippen LogP) is 3.83. The van der Waals surface area contributed by atoms with Crippen LogP contribution in [0.15, 0.2) is 18.2 Å². The van der Waals surface area contributed by atoms with Gasteiger partial charge in [0.2, 0.25) is 5.91 Å². The number of amides is 1. The van der Waals surface area contributed by atoms with Crippen molar-refractivity contribution in [1.29, 1.82) is 0 Å². The number of aromatic carboxylic acids is 1. The van der Waals surface area contributed by atoms with Gasteiger partial charge in [0.05, 0.1) is 11.3 Å². The first-order chi connectivity index (χ1) is 13.6. The van der Waals surface area contributed by atoms with E-state index in [1.807, 2.05) is 19.1 Å². The van der Waals surface area contributed by atoms with E-state index < -0.39 is 5.97 Å². The molecule has 2 aliphatic rings. The number of hydrogen-bond donors (Lipinski definition) is 2. The molecule has 1 amide bonds. The van der Waals surface area contributed by atoms with Gasteiger partial charge in [-0.05, 0) is 69.3 Å². The zero-order valence-electron chi connectivity index (χ0n) is 17.0. The van der Waals surface area contributed by atoms with Crippen LogP contribution >= 0.6 is 0 Å². The lowest BCUT2D eigenvalue weighted by molar-refractivity contribution is -0.116. The van der Waals surface area contributed by atoms with Gasteiger partial charge in [0.1, 0.15) is 0 Å². The second-order valence-electron chi connectivity index (χ2n) is 8.15. The molecule has 1 aromatic rings. The number of nitrogens with one attached hydrogen (secondary N) is 1. The molecule has 6 heteroatoms.